The summed E-state index contributed by atoms with van der Waals surface area (Å²) in [7, 11) is 1.78. The monoisotopic (exact) mass is 306 g/mol. The van der Waals surface area contributed by atoms with E-state index >= 15 is 0 Å². The molecule has 2 aromatic rings. The topological polar surface area (TPSA) is 97.1 Å². The smallest absolute Gasteiger partial charge is 0.328 e. The van der Waals surface area contributed by atoms with Crippen LogP contribution in [-0.4, -0.2) is 38.3 Å². The fourth-order valence-corrected chi connectivity index (χ4v) is 2.42. The highest BCUT2D eigenvalue weighted by atomic mass is 32.1. The molecule has 7 nitrogen and oxygen atoms in total. The first-order valence-electron chi connectivity index (χ1n) is 6.18. The summed E-state index contributed by atoms with van der Waals surface area (Å²) in [6.45, 7) is 0.445. The van der Waals surface area contributed by atoms with Gasteiger partial charge in [0.1, 0.15) is 6.33 Å². The van der Waals surface area contributed by atoms with E-state index in [1.807, 2.05) is 0 Å². The highest BCUT2D eigenvalue weighted by Gasteiger charge is 2.08. The number of carboxylic acids is 1. The van der Waals surface area contributed by atoms with Crippen molar-refractivity contribution in [2.24, 2.45) is 7.05 Å². The summed E-state index contributed by atoms with van der Waals surface area (Å²) >= 11 is 1.24. The first kappa shape index (κ1) is 14.9. The number of carbonyl (C=O) groups excluding carboxylic acids is 1. The molecule has 2 rings (SSSR count). The van der Waals surface area contributed by atoms with Gasteiger partial charge in [-0.2, -0.15) is 5.10 Å². The third-order valence-electron chi connectivity index (χ3n) is 2.52. The molecule has 110 valence electrons. The average Bonchev–Trinajstić information content (AvgIpc) is 3.05. The zero-order valence-electron chi connectivity index (χ0n) is 11.3. The number of hydrogen-bond donors (Lipinski definition) is 2. The Kier molecular flexibility index (Phi) is 4.83. The maximum absolute atomic E-state index is 11.9. The molecular formula is C13H14N4O3S. The second kappa shape index (κ2) is 6.80. The Labute approximate surface area is 124 Å². The van der Waals surface area contributed by atoms with Gasteiger partial charge in [-0.05, 0) is 18.2 Å². The van der Waals surface area contributed by atoms with Gasteiger partial charge in [-0.15, -0.1) is 11.3 Å². The standard InChI is InChI=1S/C13H14N4O3S/c1-17-8-15-11(16-17)6-7-14-13(20)10-4-2-9(21-10)3-5-12(18)19/h2-5,8H,6-7H2,1H3,(H,14,20)(H,18,19)/b5-3+. The molecule has 0 saturated carbocycles. The maximum Gasteiger partial charge on any atom is 0.328 e. The van der Waals surface area contributed by atoms with Crippen molar-refractivity contribution < 1.29 is 14.7 Å². The van der Waals surface area contributed by atoms with Crippen molar-refractivity contribution in [3.05, 3.63) is 40.1 Å². The summed E-state index contributed by atoms with van der Waals surface area (Å²) in [6.07, 6.45) is 4.67. The molecule has 0 atom stereocenters. The fraction of sp³-hybridized carbons (Fsp3) is 0.231. The Morgan fingerprint density at radius 1 is 1.48 bits per heavy atom. The lowest BCUT2D eigenvalue weighted by Gasteiger charge is -2.00. The summed E-state index contributed by atoms with van der Waals surface area (Å²) in [5.41, 5.74) is 0. The van der Waals surface area contributed by atoms with Crippen molar-refractivity contribution in [2.45, 2.75) is 6.42 Å². The highest BCUT2D eigenvalue weighted by Crippen LogP contribution is 2.17. The molecule has 0 aliphatic carbocycles. The van der Waals surface area contributed by atoms with Crippen molar-refractivity contribution in [1.29, 1.82) is 0 Å². The number of aryl methyl sites for hydroxylation is 1. The number of amides is 1. The minimum atomic E-state index is -1.02. The maximum atomic E-state index is 11.9. The molecule has 0 radical (unpaired) electrons. The summed E-state index contributed by atoms with van der Waals surface area (Å²) in [5, 5.41) is 15.4. The lowest BCUT2D eigenvalue weighted by atomic mass is 10.3. The number of rotatable bonds is 6. The van der Waals surface area contributed by atoms with E-state index in [0.29, 0.717) is 28.5 Å². The number of thiophene rings is 1. The Morgan fingerprint density at radius 2 is 2.29 bits per heavy atom. The lowest BCUT2D eigenvalue weighted by molar-refractivity contribution is -0.131. The minimum absolute atomic E-state index is 0.189. The largest absolute Gasteiger partial charge is 0.478 e. The number of carboxylic acid groups (broad SMARTS) is 1. The van der Waals surface area contributed by atoms with Gasteiger partial charge in [0.2, 0.25) is 0 Å². The van der Waals surface area contributed by atoms with Crippen LogP contribution in [0, 0.1) is 0 Å². The average molecular weight is 306 g/mol. The number of aliphatic carboxylic acids is 1. The van der Waals surface area contributed by atoms with Gasteiger partial charge in [0.25, 0.3) is 5.91 Å². The predicted molar refractivity (Wildman–Crippen MR) is 78.0 cm³/mol. The number of nitrogens with zero attached hydrogens (tertiary/aromatic N) is 3. The molecule has 8 heteroatoms. The Morgan fingerprint density at radius 3 is 2.95 bits per heavy atom. The van der Waals surface area contributed by atoms with Gasteiger partial charge in [-0.25, -0.2) is 9.78 Å². The van der Waals surface area contributed by atoms with Gasteiger partial charge >= 0.3 is 5.97 Å². The highest BCUT2D eigenvalue weighted by molar-refractivity contribution is 7.14. The summed E-state index contributed by atoms with van der Waals surface area (Å²) in [5.74, 6) is -0.530. The molecule has 0 saturated heterocycles. The van der Waals surface area contributed by atoms with E-state index in [1.165, 1.54) is 17.4 Å². The Hall–Kier alpha value is -2.48. The predicted octanol–water partition coefficient (Wildman–Crippen LogP) is 0.947. The van der Waals surface area contributed by atoms with Crippen LogP contribution in [0.5, 0.6) is 0 Å². The quantitative estimate of drug-likeness (QED) is 0.774. The van der Waals surface area contributed by atoms with Crippen LogP contribution >= 0.6 is 11.3 Å². The lowest BCUT2D eigenvalue weighted by Crippen LogP contribution is -2.25. The van der Waals surface area contributed by atoms with E-state index in [9.17, 15) is 9.59 Å². The van der Waals surface area contributed by atoms with Crippen molar-refractivity contribution in [3.8, 4) is 0 Å². The third kappa shape index (κ3) is 4.53. The number of carbonyl (C=O) groups is 2. The fourth-order valence-electron chi connectivity index (χ4n) is 1.59. The van der Waals surface area contributed by atoms with Crippen LogP contribution in [0.15, 0.2) is 24.5 Å². The molecule has 2 heterocycles. The SMILES string of the molecule is Cn1cnc(CCNC(=O)c2ccc(/C=C/C(=O)O)s2)n1. The molecule has 0 unspecified atom stereocenters. The third-order valence-corrected chi connectivity index (χ3v) is 3.57. The van der Waals surface area contributed by atoms with Crippen molar-refractivity contribution >= 4 is 29.3 Å². The Bertz CT molecular complexity index is 675. The van der Waals surface area contributed by atoms with Gasteiger partial charge in [0.05, 0.1) is 4.88 Å². The van der Waals surface area contributed by atoms with Gasteiger partial charge < -0.3 is 10.4 Å². The Balaban J connectivity index is 1.84. The zero-order chi connectivity index (χ0) is 15.2. The first-order valence-corrected chi connectivity index (χ1v) is 7.00. The van der Waals surface area contributed by atoms with E-state index in [4.69, 9.17) is 5.11 Å². The van der Waals surface area contributed by atoms with Gasteiger partial charge in [-0.3, -0.25) is 9.48 Å². The van der Waals surface area contributed by atoms with Crippen LogP contribution in [0.3, 0.4) is 0 Å². The molecule has 2 aromatic heterocycles. The van der Waals surface area contributed by atoms with E-state index in [0.717, 1.165) is 6.08 Å². The molecular weight excluding hydrogens is 292 g/mol. The van der Waals surface area contributed by atoms with Crippen LogP contribution in [0.1, 0.15) is 20.4 Å². The zero-order valence-corrected chi connectivity index (χ0v) is 12.1. The normalized spacial score (nSPS) is 10.9. The number of aromatic nitrogens is 3. The summed E-state index contributed by atoms with van der Waals surface area (Å²) in [4.78, 5) is 27.6. The second-order valence-electron chi connectivity index (χ2n) is 4.21. The van der Waals surface area contributed by atoms with Crippen LogP contribution in [0.4, 0.5) is 0 Å². The molecule has 1 amide bonds. The molecule has 0 aliphatic heterocycles. The molecule has 21 heavy (non-hydrogen) atoms. The van der Waals surface area contributed by atoms with Crippen molar-refractivity contribution in [2.75, 3.05) is 6.54 Å². The number of hydrogen-bond acceptors (Lipinski definition) is 5. The van der Waals surface area contributed by atoms with Crippen LogP contribution in [0.2, 0.25) is 0 Å². The summed E-state index contributed by atoms with van der Waals surface area (Å²) in [6, 6.07) is 3.37. The van der Waals surface area contributed by atoms with E-state index < -0.39 is 5.97 Å². The number of nitrogens with one attached hydrogen (secondary N) is 1. The summed E-state index contributed by atoms with van der Waals surface area (Å²) < 4.78 is 1.61. The molecule has 0 spiro atoms. The van der Waals surface area contributed by atoms with Crippen molar-refractivity contribution in [1.82, 2.24) is 20.1 Å². The van der Waals surface area contributed by atoms with Gasteiger partial charge in [0, 0.05) is 31.0 Å². The van der Waals surface area contributed by atoms with E-state index in [2.05, 4.69) is 15.4 Å². The van der Waals surface area contributed by atoms with Crippen molar-refractivity contribution in [3.63, 3.8) is 0 Å². The molecule has 0 aliphatic rings. The van der Waals surface area contributed by atoms with Crippen LogP contribution < -0.4 is 5.32 Å². The van der Waals surface area contributed by atoms with Crippen LogP contribution in [-0.2, 0) is 18.3 Å². The molecule has 0 aromatic carbocycles. The second-order valence-corrected chi connectivity index (χ2v) is 5.33. The molecule has 0 fully saturated rings. The van der Waals surface area contributed by atoms with E-state index in [1.54, 1.807) is 30.2 Å². The van der Waals surface area contributed by atoms with E-state index in [-0.39, 0.29) is 5.91 Å². The molecule has 2 N–H and O–H groups in total. The minimum Gasteiger partial charge on any atom is -0.478 e. The van der Waals surface area contributed by atoms with Crippen LogP contribution in [0.25, 0.3) is 6.08 Å². The molecule has 0 bridgehead atoms. The van der Waals surface area contributed by atoms with Gasteiger partial charge in [-0.1, -0.05) is 0 Å². The first-order chi connectivity index (χ1) is 10.0. The van der Waals surface area contributed by atoms with Gasteiger partial charge in [0.15, 0.2) is 5.82 Å².